The Bertz CT molecular complexity index is 1420. The third kappa shape index (κ3) is 3.78. The lowest BCUT2D eigenvalue weighted by molar-refractivity contribution is -0.117. The first-order valence-electron chi connectivity index (χ1n) is 12.5. The molecule has 0 spiro atoms. The first kappa shape index (κ1) is 18.6. The van der Waals surface area contributed by atoms with E-state index in [0.29, 0.717) is 28.7 Å². The second-order valence-electron chi connectivity index (χ2n) is 8.64. The van der Waals surface area contributed by atoms with Crippen LogP contribution in [0.2, 0.25) is 0 Å². The Kier molecular flexibility index (Phi) is 4.48. The van der Waals surface area contributed by atoms with Gasteiger partial charge in [-0.3, -0.25) is 9.59 Å². The first-order valence-corrected chi connectivity index (χ1v) is 11.0. The maximum atomic E-state index is 14.9. The van der Waals surface area contributed by atoms with E-state index in [0.717, 1.165) is 12.8 Å². The number of hydrogen-bond acceptors (Lipinski definition) is 7. The van der Waals surface area contributed by atoms with Gasteiger partial charge < -0.3 is 15.5 Å². The van der Waals surface area contributed by atoms with Gasteiger partial charge in [0.1, 0.15) is 17.5 Å². The maximum Gasteiger partial charge on any atom is 0.228 e. The van der Waals surface area contributed by atoms with Gasteiger partial charge in [-0.1, -0.05) is 6.85 Å². The zero-order valence-electron chi connectivity index (χ0n) is 22.0. The second-order valence-corrected chi connectivity index (χ2v) is 8.64. The number of halogens is 1. The van der Waals surface area contributed by atoms with E-state index in [-0.39, 0.29) is 34.9 Å². The molecule has 0 radical (unpaired) electrons. The summed E-state index contributed by atoms with van der Waals surface area (Å²) in [5.41, 5.74) is 1.62. The van der Waals surface area contributed by atoms with Gasteiger partial charge in [0, 0.05) is 41.8 Å². The minimum Gasteiger partial charge on any atom is -0.361 e. The normalized spacial score (nSPS) is 18.3. The average molecular weight is 467 g/mol. The molecule has 1 aliphatic carbocycles. The number of Topliss-reactive ketones (excluding diaryl/α,β-unsaturated/α-hetero) is 1. The van der Waals surface area contributed by atoms with E-state index in [1.807, 2.05) is 18.9 Å². The maximum absolute atomic E-state index is 14.9. The standard InChI is InChI=1S/C24H26FN7O2/c1-5-20(33)16-11-26-21(29-24(34)14-6-7-14)10-17(16)28-18-8-15(25)9-19-22(18)31(4)12(2)23-27-13(3)30-32(19)23/h8-12,14H,5-7H2,1-4H3,(H2,26,28,29,34)/t12-/m1/s1/i1D3. The number of pyridine rings is 1. The quantitative estimate of drug-likeness (QED) is 0.522. The molecule has 9 nitrogen and oxygen atoms in total. The van der Waals surface area contributed by atoms with Gasteiger partial charge in [0.05, 0.1) is 34.4 Å². The summed E-state index contributed by atoms with van der Waals surface area (Å²) in [6, 6.07) is 3.91. The topological polar surface area (TPSA) is 105 Å². The van der Waals surface area contributed by atoms with E-state index in [1.165, 1.54) is 24.4 Å². The summed E-state index contributed by atoms with van der Waals surface area (Å²) in [7, 11) is 1.84. The highest BCUT2D eigenvalue weighted by Gasteiger charge is 2.32. The van der Waals surface area contributed by atoms with Crippen LogP contribution in [0.25, 0.3) is 5.69 Å². The number of carbonyl (C=O) groups is 2. The molecule has 10 heteroatoms. The van der Waals surface area contributed by atoms with Gasteiger partial charge in [0.2, 0.25) is 5.91 Å². The molecule has 2 aliphatic rings. The monoisotopic (exact) mass is 466 g/mol. The number of benzene rings is 1. The number of carbonyl (C=O) groups excluding carboxylic acids is 2. The van der Waals surface area contributed by atoms with Crippen LogP contribution in [-0.2, 0) is 4.79 Å². The Morgan fingerprint density at radius 3 is 2.79 bits per heavy atom. The lowest BCUT2D eigenvalue weighted by Gasteiger charge is -2.35. The molecule has 2 aromatic heterocycles. The molecule has 5 rings (SSSR count). The van der Waals surface area contributed by atoms with Crippen LogP contribution in [0, 0.1) is 18.7 Å². The van der Waals surface area contributed by atoms with Crippen molar-refractivity contribution in [2.45, 2.75) is 46.0 Å². The van der Waals surface area contributed by atoms with E-state index in [9.17, 15) is 14.0 Å². The van der Waals surface area contributed by atoms with Crippen molar-refractivity contribution in [3.63, 3.8) is 0 Å². The second kappa shape index (κ2) is 8.19. The molecule has 1 amide bonds. The highest BCUT2D eigenvalue weighted by atomic mass is 19.1. The largest absolute Gasteiger partial charge is 0.361 e. The van der Waals surface area contributed by atoms with Gasteiger partial charge in [-0.05, 0) is 32.8 Å². The average Bonchev–Trinajstić information content (AvgIpc) is 3.57. The molecular weight excluding hydrogens is 437 g/mol. The van der Waals surface area contributed by atoms with Gasteiger partial charge in [-0.15, -0.1) is 0 Å². The molecule has 0 bridgehead atoms. The molecule has 0 saturated heterocycles. The van der Waals surface area contributed by atoms with Crippen LogP contribution >= 0.6 is 0 Å². The summed E-state index contributed by atoms with van der Waals surface area (Å²) in [4.78, 5) is 35.8. The Labute approximate surface area is 200 Å². The van der Waals surface area contributed by atoms with Crippen LogP contribution in [0.5, 0.6) is 0 Å². The summed E-state index contributed by atoms with van der Waals surface area (Å²) in [6.07, 6.45) is 2.14. The van der Waals surface area contributed by atoms with E-state index in [1.54, 1.807) is 11.6 Å². The van der Waals surface area contributed by atoms with E-state index in [4.69, 9.17) is 4.11 Å². The molecule has 1 aromatic carbocycles. The number of nitrogens with zero attached hydrogens (tertiary/aromatic N) is 5. The SMILES string of the molecule is [2H]C([2H])([2H])CC(=O)c1cnc(NC(=O)C2CC2)cc1Nc1cc(F)cc2c1N(C)[C@H](C)c1nc(C)nn1-2. The predicted octanol–water partition coefficient (Wildman–Crippen LogP) is 4.31. The summed E-state index contributed by atoms with van der Waals surface area (Å²) in [5.74, 6) is -0.0417. The van der Waals surface area contributed by atoms with Crippen LogP contribution in [-0.4, -0.2) is 38.5 Å². The van der Waals surface area contributed by atoms with Crippen LogP contribution in [0.4, 0.5) is 27.3 Å². The Hall–Kier alpha value is -3.82. The highest BCUT2D eigenvalue weighted by molar-refractivity contribution is 6.03. The number of nitrogens with one attached hydrogen (secondary N) is 2. The number of ketones is 1. The molecule has 1 saturated carbocycles. The molecule has 0 unspecified atom stereocenters. The number of anilines is 4. The summed E-state index contributed by atoms with van der Waals surface area (Å²) >= 11 is 0. The van der Waals surface area contributed by atoms with Crippen molar-refractivity contribution in [1.82, 2.24) is 19.7 Å². The smallest absolute Gasteiger partial charge is 0.228 e. The Balaban J connectivity index is 1.60. The van der Waals surface area contributed by atoms with Crippen molar-refractivity contribution in [3.05, 3.63) is 47.4 Å². The first-order chi connectivity index (χ1) is 17.4. The number of fused-ring (bicyclic) bond motifs is 3. The molecule has 1 fully saturated rings. The third-order valence-electron chi connectivity index (χ3n) is 6.16. The molecule has 1 aliphatic heterocycles. The Morgan fingerprint density at radius 1 is 1.26 bits per heavy atom. The minimum atomic E-state index is -2.48. The molecule has 1 atom stereocenters. The van der Waals surface area contributed by atoms with Crippen LogP contribution in [0.15, 0.2) is 24.4 Å². The van der Waals surface area contributed by atoms with Gasteiger partial charge in [-0.25, -0.2) is 19.0 Å². The molecule has 3 heterocycles. The fraction of sp³-hybridized carbons (Fsp3) is 0.375. The lowest BCUT2D eigenvalue weighted by atomic mass is 10.1. The highest BCUT2D eigenvalue weighted by Crippen LogP contribution is 2.43. The van der Waals surface area contributed by atoms with E-state index in [2.05, 4.69) is 25.7 Å². The third-order valence-corrected chi connectivity index (χ3v) is 6.16. The van der Waals surface area contributed by atoms with Gasteiger partial charge in [0.25, 0.3) is 0 Å². The van der Waals surface area contributed by atoms with Crippen LogP contribution < -0.4 is 15.5 Å². The number of amides is 1. The zero-order chi connectivity index (χ0) is 26.6. The number of hydrogen-bond donors (Lipinski definition) is 2. The summed E-state index contributed by atoms with van der Waals surface area (Å²) in [5, 5.41) is 10.3. The molecule has 3 aromatic rings. The van der Waals surface area contributed by atoms with Gasteiger partial charge in [0.15, 0.2) is 11.6 Å². The van der Waals surface area contributed by atoms with Crippen molar-refractivity contribution >= 4 is 34.6 Å². The van der Waals surface area contributed by atoms with Crippen molar-refractivity contribution in [3.8, 4) is 5.69 Å². The number of aryl methyl sites for hydroxylation is 1. The molecule has 176 valence electrons. The Morgan fingerprint density at radius 2 is 2.06 bits per heavy atom. The zero-order valence-corrected chi connectivity index (χ0v) is 19.0. The van der Waals surface area contributed by atoms with E-state index < -0.39 is 24.9 Å². The summed E-state index contributed by atoms with van der Waals surface area (Å²) in [6.45, 7) is 1.22. The van der Waals surface area contributed by atoms with Gasteiger partial charge in [-0.2, -0.15) is 5.10 Å². The van der Waals surface area contributed by atoms with Crippen molar-refractivity contribution < 1.29 is 18.1 Å². The van der Waals surface area contributed by atoms with Crippen LogP contribution in [0.1, 0.15) is 65.2 Å². The van der Waals surface area contributed by atoms with Crippen LogP contribution in [0.3, 0.4) is 0 Å². The van der Waals surface area contributed by atoms with Crippen molar-refractivity contribution in [2.75, 3.05) is 22.6 Å². The fourth-order valence-corrected chi connectivity index (χ4v) is 4.12. The van der Waals surface area contributed by atoms with E-state index >= 15 is 0 Å². The molecule has 34 heavy (non-hydrogen) atoms. The molecule has 2 N–H and O–H groups in total. The number of rotatable bonds is 6. The molecular formula is C24H26FN7O2. The fourth-order valence-electron chi connectivity index (χ4n) is 4.12. The van der Waals surface area contributed by atoms with Crippen molar-refractivity contribution in [2.24, 2.45) is 5.92 Å². The van der Waals surface area contributed by atoms with Crippen molar-refractivity contribution in [1.29, 1.82) is 0 Å². The summed E-state index contributed by atoms with van der Waals surface area (Å²) < 4.78 is 39.0. The minimum absolute atomic E-state index is 0.0161. The predicted molar refractivity (Wildman–Crippen MR) is 126 cm³/mol. The number of aromatic nitrogens is 4. The van der Waals surface area contributed by atoms with Gasteiger partial charge >= 0.3 is 0 Å². The lowest BCUT2D eigenvalue weighted by Crippen LogP contribution is -2.31.